The minimum absolute atomic E-state index is 0.750. The van der Waals surface area contributed by atoms with Crippen LogP contribution in [-0.4, -0.2) is 14.4 Å². The van der Waals surface area contributed by atoms with Crippen LogP contribution in [-0.2, 0) is 0 Å². The third kappa shape index (κ3) is 2.20. The molecule has 14 heavy (non-hydrogen) atoms. The molecule has 0 radical (unpaired) electrons. The highest BCUT2D eigenvalue weighted by Crippen LogP contribution is 2.25. The van der Waals surface area contributed by atoms with Crippen molar-refractivity contribution in [2.75, 3.05) is 0 Å². The lowest BCUT2D eigenvalue weighted by atomic mass is 10.1. The Kier molecular flexibility index (Phi) is 3.06. The van der Waals surface area contributed by atoms with Crippen LogP contribution < -0.4 is 0 Å². The zero-order valence-electron chi connectivity index (χ0n) is 9.00. The number of rotatable bonds is 3. The van der Waals surface area contributed by atoms with Crippen molar-refractivity contribution in [2.45, 2.75) is 19.6 Å². The summed E-state index contributed by atoms with van der Waals surface area (Å²) in [5.74, 6) is 0. The highest BCUT2D eigenvalue weighted by molar-refractivity contribution is 6.93. The lowest BCUT2D eigenvalue weighted by Crippen LogP contribution is -2.22. The number of aldehydes is 1. The van der Waals surface area contributed by atoms with Crippen LogP contribution in [0.1, 0.15) is 15.9 Å². The topological polar surface area (TPSA) is 17.1 Å². The van der Waals surface area contributed by atoms with Crippen LogP contribution >= 0.6 is 0 Å². The van der Waals surface area contributed by atoms with Crippen molar-refractivity contribution >= 4 is 19.6 Å². The molecule has 1 rings (SSSR count). The lowest BCUT2D eigenvalue weighted by Gasteiger charge is -2.20. The quantitative estimate of drug-likeness (QED) is 0.545. The van der Waals surface area contributed by atoms with Crippen LogP contribution in [0.25, 0.3) is 5.20 Å². The maximum absolute atomic E-state index is 10.8. The fraction of sp³-hybridized carbons (Fsp3) is 0.250. The standard InChI is InChI=1S/C12H16OSi/c1-10(14(2,3)4)12-8-6-5-7-11(12)9-13/h5-9H,1H2,2-4H3. The van der Waals surface area contributed by atoms with Crippen molar-refractivity contribution in [1.82, 2.24) is 0 Å². The fourth-order valence-corrected chi connectivity index (χ4v) is 2.31. The van der Waals surface area contributed by atoms with E-state index in [9.17, 15) is 4.79 Å². The van der Waals surface area contributed by atoms with Gasteiger partial charge in [-0.1, -0.05) is 55.7 Å². The first-order chi connectivity index (χ1) is 6.46. The molecule has 0 aliphatic heterocycles. The van der Waals surface area contributed by atoms with Gasteiger partial charge in [-0.15, -0.1) is 0 Å². The lowest BCUT2D eigenvalue weighted by molar-refractivity contribution is 0.112. The highest BCUT2D eigenvalue weighted by atomic mass is 28.3. The van der Waals surface area contributed by atoms with Gasteiger partial charge in [0, 0.05) is 5.56 Å². The van der Waals surface area contributed by atoms with Gasteiger partial charge >= 0.3 is 0 Å². The van der Waals surface area contributed by atoms with Crippen LogP contribution in [0.2, 0.25) is 19.6 Å². The van der Waals surface area contributed by atoms with Gasteiger partial charge in [0.1, 0.15) is 0 Å². The minimum Gasteiger partial charge on any atom is -0.298 e. The molecule has 0 aliphatic rings. The van der Waals surface area contributed by atoms with E-state index in [0.717, 1.165) is 22.6 Å². The largest absolute Gasteiger partial charge is 0.298 e. The molecule has 0 aliphatic carbocycles. The second kappa shape index (κ2) is 3.92. The van der Waals surface area contributed by atoms with Gasteiger partial charge in [0.15, 0.2) is 6.29 Å². The van der Waals surface area contributed by atoms with Gasteiger partial charge in [0.25, 0.3) is 0 Å². The minimum atomic E-state index is -1.40. The molecule has 0 amide bonds. The Balaban J connectivity index is 3.19. The third-order valence-electron chi connectivity index (χ3n) is 2.32. The van der Waals surface area contributed by atoms with E-state index >= 15 is 0 Å². The molecule has 0 aromatic heterocycles. The van der Waals surface area contributed by atoms with Crippen LogP contribution in [0, 0.1) is 0 Å². The van der Waals surface area contributed by atoms with E-state index in [-0.39, 0.29) is 0 Å². The molecule has 74 valence electrons. The molecule has 1 aromatic carbocycles. The number of benzene rings is 1. The normalized spacial score (nSPS) is 11.1. The van der Waals surface area contributed by atoms with Gasteiger partial charge in [0.2, 0.25) is 0 Å². The van der Waals surface area contributed by atoms with Crippen molar-refractivity contribution < 1.29 is 4.79 Å². The van der Waals surface area contributed by atoms with Crippen molar-refractivity contribution in [1.29, 1.82) is 0 Å². The van der Waals surface area contributed by atoms with E-state index in [1.54, 1.807) is 0 Å². The Morgan fingerprint density at radius 3 is 2.36 bits per heavy atom. The fourth-order valence-electron chi connectivity index (χ4n) is 1.28. The predicted octanol–water partition coefficient (Wildman–Crippen LogP) is 3.39. The second-order valence-corrected chi connectivity index (χ2v) is 9.54. The molecule has 0 saturated carbocycles. The molecule has 0 fully saturated rings. The maximum atomic E-state index is 10.8. The molecule has 0 N–H and O–H groups in total. The molecule has 2 heteroatoms. The summed E-state index contributed by atoms with van der Waals surface area (Å²) in [5.41, 5.74) is 1.77. The van der Waals surface area contributed by atoms with Gasteiger partial charge < -0.3 is 0 Å². The van der Waals surface area contributed by atoms with Crippen molar-refractivity contribution in [3.8, 4) is 0 Å². The van der Waals surface area contributed by atoms with Crippen molar-refractivity contribution in [3.63, 3.8) is 0 Å². The molecule has 1 nitrogen and oxygen atoms in total. The van der Waals surface area contributed by atoms with Crippen LogP contribution in [0.3, 0.4) is 0 Å². The maximum Gasteiger partial charge on any atom is 0.150 e. The number of hydrogen-bond donors (Lipinski definition) is 0. The van der Waals surface area contributed by atoms with E-state index in [1.165, 1.54) is 0 Å². The van der Waals surface area contributed by atoms with E-state index in [0.29, 0.717) is 0 Å². The van der Waals surface area contributed by atoms with E-state index < -0.39 is 8.07 Å². The van der Waals surface area contributed by atoms with Gasteiger partial charge in [-0.05, 0) is 5.56 Å². The van der Waals surface area contributed by atoms with Gasteiger partial charge in [-0.25, -0.2) is 0 Å². The predicted molar refractivity (Wildman–Crippen MR) is 64.2 cm³/mol. The summed E-state index contributed by atoms with van der Waals surface area (Å²) < 4.78 is 0. The molecule has 0 spiro atoms. The number of carbonyl (C=O) groups is 1. The van der Waals surface area contributed by atoms with Crippen molar-refractivity contribution in [2.24, 2.45) is 0 Å². The Hall–Kier alpha value is -1.15. The average Bonchev–Trinajstić information content (AvgIpc) is 2.15. The van der Waals surface area contributed by atoms with Gasteiger partial charge in [-0.3, -0.25) is 4.79 Å². The first-order valence-electron chi connectivity index (χ1n) is 4.71. The SMILES string of the molecule is C=C(c1ccccc1C=O)[Si](C)(C)C. The van der Waals surface area contributed by atoms with Crippen LogP contribution in [0.5, 0.6) is 0 Å². The summed E-state index contributed by atoms with van der Waals surface area (Å²) >= 11 is 0. The first kappa shape index (κ1) is 10.9. The van der Waals surface area contributed by atoms with Crippen LogP contribution in [0.15, 0.2) is 30.8 Å². The molecular formula is C12H16OSi. The molecule has 0 atom stereocenters. The number of carbonyl (C=O) groups excluding carboxylic acids is 1. The molecule has 0 heterocycles. The average molecular weight is 204 g/mol. The van der Waals surface area contributed by atoms with Gasteiger partial charge in [-0.2, -0.15) is 0 Å². The highest BCUT2D eigenvalue weighted by Gasteiger charge is 2.20. The molecule has 1 aromatic rings. The summed E-state index contributed by atoms with van der Waals surface area (Å²) in [7, 11) is -1.40. The Morgan fingerprint density at radius 1 is 1.29 bits per heavy atom. The third-order valence-corrected chi connectivity index (χ3v) is 4.40. The van der Waals surface area contributed by atoms with E-state index in [1.807, 2.05) is 24.3 Å². The summed E-state index contributed by atoms with van der Waals surface area (Å²) in [6.45, 7) is 10.8. The zero-order chi connectivity index (χ0) is 10.8. The molecule has 0 saturated heterocycles. The van der Waals surface area contributed by atoms with Gasteiger partial charge in [0.05, 0.1) is 8.07 Å². The number of hydrogen-bond acceptors (Lipinski definition) is 1. The smallest absolute Gasteiger partial charge is 0.150 e. The Labute approximate surface area is 86.5 Å². The summed E-state index contributed by atoms with van der Waals surface area (Å²) in [4.78, 5) is 10.8. The zero-order valence-corrected chi connectivity index (χ0v) is 10.0. The second-order valence-electron chi connectivity index (χ2n) is 4.43. The Morgan fingerprint density at radius 2 is 1.86 bits per heavy atom. The van der Waals surface area contributed by atoms with Crippen LogP contribution in [0.4, 0.5) is 0 Å². The van der Waals surface area contributed by atoms with E-state index in [4.69, 9.17) is 0 Å². The Bertz CT molecular complexity index is 361. The monoisotopic (exact) mass is 204 g/mol. The molecule has 0 bridgehead atoms. The molecular weight excluding hydrogens is 188 g/mol. The summed E-state index contributed by atoms with van der Waals surface area (Å²) in [6, 6.07) is 7.65. The summed E-state index contributed by atoms with van der Waals surface area (Å²) in [6.07, 6.45) is 0.903. The molecule has 0 unspecified atom stereocenters. The first-order valence-corrected chi connectivity index (χ1v) is 8.21. The van der Waals surface area contributed by atoms with E-state index in [2.05, 4.69) is 26.2 Å². The summed E-state index contributed by atoms with van der Waals surface area (Å²) in [5, 5.41) is 1.14. The van der Waals surface area contributed by atoms with Crippen molar-refractivity contribution in [3.05, 3.63) is 42.0 Å².